The predicted molar refractivity (Wildman–Crippen MR) is 133 cm³/mol. The first kappa shape index (κ1) is 22.1. The number of aromatic nitrogens is 2. The van der Waals surface area contributed by atoms with Crippen LogP contribution in [0, 0.1) is 6.92 Å². The molecule has 1 aliphatic heterocycles. The Morgan fingerprint density at radius 3 is 2.53 bits per heavy atom. The molecule has 3 heterocycles. The van der Waals surface area contributed by atoms with Gasteiger partial charge in [0.1, 0.15) is 16.9 Å². The lowest BCUT2D eigenvalue weighted by atomic mass is 9.94. The van der Waals surface area contributed by atoms with Crippen LogP contribution in [-0.4, -0.2) is 32.0 Å². The van der Waals surface area contributed by atoms with Crippen LogP contribution in [0.3, 0.4) is 0 Å². The van der Waals surface area contributed by atoms with Crippen LogP contribution in [0.5, 0.6) is 0 Å². The highest BCUT2D eigenvalue weighted by Gasteiger charge is 2.48. The molecule has 0 saturated heterocycles. The number of hydrogen-bond acceptors (Lipinski definition) is 4. The molecule has 4 aromatic rings. The van der Waals surface area contributed by atoms with E-state index in [0.29, 0.717) is 18.8 Å². The molecule has 6 nitrogen and oxygen atoms in total. The molecule has 1 N–H and O–H groups in total. The van der Waals surface area contributed by atoms with E-state index in [0.717, 1.165) is 21.7 Å². The number of nitrogens with zero attached hydrogens (tertiary/aromatic N) is 3. The minimum Gasteiger partial charge on any atom is -0.350 e. The van der Waals surface area contributed by atoms with E-state index in [1.807, 2.05) is 92.0 Å². The zero-order valence-corrected chi connectivity index (χ0v) is 20.0. The van der Waals surface area contributed by atoms with Crippen LogP contribution in [0.15, 0.2) is 78.2 Å². The molecule has 2 aromatic carbocycles. The fourth-order valence-electron chi connectivity index (χ4n) is 4.28. The first-order chi connectivity index (χ1) is 16.4. The van der Waals surface area contributed by atoms with Crippen molar-refractivity contribution in [3.8, 4) is 10.6 Å². The van der Waals surface area contributed by atoms with Crippen molar-refractivity contribution in [1.82, 2.24) is 20.0 Å². The van der Waals surface area contributed by atoms with E-state index in [1.54, 1.807) is 20.9 Å². The molecular formula is C27H26N4O2S. The molecule has 172 valence electrons. The Morgan fingerprint density at radius 1 is 1.06 bits per heavy atom. The second-order valence-corrected chi connectivity index (χ2v) is 9.82. The zero-order valence-electron chi connectivity index (χ0n) is 19.2. The van der Waals surface area contributed by atoms with Gasteiger partial charge in [-0.05, 0) is 42.5 Å². The Morgan fingerprint density at radius 2 is 1.82 bits per heavy atom. The van der Waals surface area contributed by atoms with Gasteiger partial charge in [-0.3, -0.25) is 14.3 Å². The maximum atomic E-state index is 13.7. The Balaban J connectivity index is 1.47. The molecule has 0 bridgehead atoms. The summed E-state index contributed by atoms with van der Waals surface area (Å²) in [6.45, 7) is 4.88. The molecule has 7 heteroatoms. The lowest BCUT2D eigenvalue weighted by molar-refractivity contribution is -0.133. The molecule has 0 fully saturated rings. The monoisotopic (exact) mass is 470 g/mol. The van der Waals surface area contributed by atoms with Crippen LogP contribution < -0.4 is 5.32 Å². The van der Waals surface area contributed by atoms with Crippen molar-refractivity contribution in [2.24, 2.45) is 0 Å². The molecule has 0 saturated carbocycles. The van der Waals surface area contributed by atoms with E-state index in [4.69, 9.17) is 5.10 Å². The van der Waals surface area contributed by atoms with Gasteiger partial charge in [0.15, 0.2) is 0 Å². The zero-order chi connectivity index (χ0) is 23.7. The van der Waals surface area contributed by atoms with Crippen LogP contribution >= 0.6 is 11.3 Å². The SMILES string of the molecule is Cc1ccc(CNC(=O)[C@]2(C)Cn3nc(-c4cccs4)cc3C(=O)N2Cc2ccccc2)cc1. The number of carbonyl (C=O) groups excluding carboxylic acids is 2. The van der Waals surface area contributed by atoms with E-state index >= 15 is 0 Å². The fourth-order valence-corrected chi connectivity index (χ4v) is 4.96. The Kier molecular flexibility index (Phi) is 5.79. The molecule has 34 heavy (non-hydrogen) atoms. The van der Waals surface area contributed by atoms with Gasteiger partial charge in [0.25, 0.3) is 5.91 Å². The van der Waals surface area contributed by atoms with Gasteiger partial charge < -0.3 is 10.2 Å². The van der Waals surface area contributed by atoms with Crippen molar-refractivity contribution in [3.05, 3.63) is 101 Å². The van der Waals surface area contributed by atoms with E-state index in [9.17, 15) is 9.59 Å². The minimum atomic E-state index is -1.09. The highest BCUT2D eigenvalue weighted by Crippen LogP contribution is 2.32. The van der Waals surface area contributed by atoms with Gasteiger partial charge in [-0.25, -0.2) is 0 Å². The average molecular weight is 471 g/mol. The van der Waals surface area contributed by atoms with Crippen LogP contribution in [0.25, 0.3) is 10.6 Å². The molecular weight excluding hydrogens is 444 g/mol. The van der Waals surface area contributed by atoms with Gasteiger partial charge in [-0.1, -0.05) is 66.2 Å². The summed E-state index contributed by atoms with van der Waals surface area (Å²) in [5.74, 6) is -0.394. The van der Waals surface area contributed by atoms with Crippen molar-refractivity contribution in [2.75, 3.05) is 0 Å². The summed E-state index contributed by atoms with van der Waals surface area (Å²) in [4.78, 5) is 30.0. The van der Waals surface area contributed by atoms with Gasteiger partial charge in [0.2, 0.25) is 5.91 Å². The smallest absolute Gasteiger partial charge is 0.273 e. The first-order valence-electron chi connectivity index (χ1n) is 11.3. The van der Waals surface area contributed by atoms with Crippen molar-refractivity contribution in [2.45, 2.75) is 39.0 Å². The number of hydrogen-bond donors (Lipinski definition) is 1. The molecule has 0 unspecified atom stereocenters. The van der Waals surface area contributed by atoms with Crippen LogP contribution in [0.1, 0.15) is 34.1 Å². The van der Waals surface area contributed by atoms with Crippen molar-refractivity contribution >= 4 is 23.2 Å². The average Bonchev–Trinajstić information content (AvgIpc) is 3.52. The summed E-state index contributed by atoms with van der Waals surface area (Å²) in [7, 11) is 0. The van der Waals surface area contributed by atoms with Gasteiger partial charge in [-0.2, -0.15) is 5.10 Å². The molecule has 0 spiro atoms. The number of amides is 2. The van der Waals surface area contributed by atoms with Crippen LogP contribution in [0.4, 0.5) is 0 Å². The third-order valence-electron chi connectivity index (χ3n) is 6.32. The van der Waals surface area contributed by atoms with E-state index in [-0.39, 0.29) is 18.4 Å². The molecule has 0 aliphatic carbocycles. The van der Waals surface area contributed by atoms with Gasteiger partial charge in [0, 0.05) is 13.1 Å². The maximum absolute atomic E-state index is 13.7. The summed E-state index contributed by atoms with van der Waals surface area (Å²) >= 11 is 1.58. The molecule has 0 radical (unpaired) electrons. The summed E-state index contributed by atoms with van der Waals surface area (Å²) in [6, 6.07) is 23.6. The van der Waals surface area contributed by atoms with Crippen molar-refractivity contribution in [1.29, 1.82) is 0 Å². The maximum Gasteiger partial charge on any atom is 0.273 e. The van der Waals surface area contributed by atoms with E-state index in [1.165, 1.54) is 5.56 Å². The molecule has 2 amide bonds. The fraction of sp³-hybridized carbons (Fsp3) is 0.222. The summed E-state index contributed by atoms with van der Waals surface area (Å²) in [5.41, 5.74) is 3.31. The topological polar surface area (TPSA) is 67.2 Å². The van der Waals surface area contributed by atoms with Gasteiger partial charge >= 0.3 is 0 Å². The standard InChI is InChI=1S/C27H26N4O2S/c1-19-10-12-20(13-11-19)16-28-26(33)27(2)18-31-23(15-22(29-31)24-9-6-14-34-24)25(32)30(27)17-21-7-4-3-5-8-21/h3-15H,16-18H2,1-2H3,(H,28,33)/t27-/m0/s1. The number of fused-ring (bicyclic) bond motifs is 1. The number of carbonyl (C=O) groups is 2. The number of benzene rings is 2. The van der Waals surface area contributed by atoms with Crippen LogP contribution in [0.2, 0.25) is 0 Å². The predicted octanol–water partition coefficient (Wildman–Crippen LogP) is 4.65. The number of aryl methyl sites for hydroxylation is 1. The lowest BCUT2D eigenvalue weighted by Gasteiger charge is -2.43. The second-order valence-electron chi connectivity index (χ2n) is 8.87. The highest BCUT2D eigenvalue weighted by molar-refractivity contribution is 7.13. The normalized spacial score (nSPS) is 17.5. The van der Waals surface area contributed by atoms with Crippen molar-refractivity contribution in [3.63, 3.8) is 0 Å². The summed E-state index contributed by atoms with van der Waals surface area (Å²) in [6.07, 6.45) is 0. The van der Waals surface area contributed by atoms with Crippen LogP contribution in [-0.2, 0) is 24.4 Å². The lowest BCUT2D eigenvalue weighted by Crippen LogP contribution is -2.63. The van der Waals surface area contributed by atoms with Gasteiger partial charge in [-0.15, -0.1) is 11.3 Å². The Bertz CT molecular complexity index is 1310. The number of thiophene rings is 1. The Labute approximate surface area is 202 Å². The third kappa shape index (κ3) is 4.15. The third-order valence-corrected chi connectivity index (χ3v) is 7.21. The molecule has 5 rings (SSSR count). The second kappa shape index (κ2) is 8.91. The summed E-state index contributed by atoms with van der Waals surface area (Å²) in [5, 5.41) is 9.73. The first-order valence-corrected chi connectivity index (χ1v) is 12.1. The largest absolute Gasteiger partial charge is 0.350 e. The molecule has 1 atom stereocenters. The quantitative estimate of drug-likeness (QED) is 0.446. The minimum absolute atomic E-state index is 0.196. The van der Waals surface area contributed by atoms with E-state index < -0.39 is 5.54 Å². The van der Waals surface area contributed by atoms with Gasteiger partial charge in [0.05, 0.1) is 11.4 Å². The van der Waals surface area contributed by atoms with E-state index in [2.05, 4.69) is 5.32 Å². The molecule has 1 aliphatic rings. The van der Waals surface area contributed by atoms with Crippen molar-refractivity contribution < 1.29 is 9.59 Å². The molecule has 2 aromatic heterocycles. The Hall–Kier alpha value is -3.71. The summed E-state index contributed by atoms with van der Waals surface area (Å²) < 4.78 is 1.68. The number of nitrogens with one attached hydrogen (secondary N) is 1. The number of rotatable bonds is 6. The highest BCUT2D eigenvalue weighted by atomic mass is 32.1.